The predicted octanol–water partition coefficient (Wildman–Crippen LogP) is 3.04. The van der Waals surface area contributed by atoms with Gasteiger partial charge in [0.1, 0.15) is 0 Å². The fraction of sp³-hybridized carbons (Fsp3) is 0.600. The second-order valence-electron chi connectivity index (χ2n) is 5.32. The molecule has 2 N–H and O–H groups in total. The van der Waals surface area contributed by atoms with Crippen molar-refractivity contribution in [2.45, 2.75) is 39.7 Å². The molecule has 0 aromatic heterocycles. The van der Waals surface area contributed by atoms with Crippen LogP contribution in [0.15, 0.2) is 12.1 Å². The zero-order valence-electron chi connectivity index (χ0n) is 11.1. The Kier molecular flexibility index (Phi) is 3.85. The van der Waals surface area contributed by atoms with E-state index in [1.54, 1.807) is 0 Å². The molecule has 0 saturated carbocycles. The summed E-state index contributed by atoms with van der Waals surface area (Å²) in [6, 6.07) is 4.58. The first kappa shape index (κ1) is 12.6. The molecule has 1 fully saturated rings. The van der Waals surface area contributed by atoms with Crippen LogP contribution in [-0.2, 0) is 4.74 Å². The number of ether oxygens (including phenoxy) is 1. The quantitative estimate of drug-likeness (QED) is 0.852. The lowest BCUT2D eigenvalue weighted by atomic mass is 9.84. The van der Waals surface area contributed by atoms with Gasteiger partial charge in [0.2, 0.25) is 0 Å². The first-order valence-corrected chi connectivity index (χ1v) is 6.50. The third-order valence-corrected chi connectivity index (χ3v) is 3.77. The summed E-state index contributed by atoms with van der Waals surface area (Å²) in [5, 5.41) is 0. The highest BCUT2D eigenvalue weighted by Crippen LogP contribution is 2.31. The number of aryl methyl sites for hydroxylation is 3. The van der Waals surface area contributed by atoms with Crippen LogP contribution in [0.25, 0.3) is 0 Å². The highest BCUT2D eigenvalue weighted by Gasteiger charge is 2.24. The first-order chi connectivity index (χ1) is 8.09. The molecule has 1 saturated heterocycles. The molecule has 0 aliphatic carbocycles. The minimum atomic E-state index is 0.121. The molecule has 2 nitrogen and oxygen atoms in total. The Morgan fingerprint density at radius 2 is 1.88 bits per heavy atom. The summed E-state index contributed by atoms with van der Waals surface area (Å²) < 4.78 is 5.55. The van der Waals surface area contributed by atoms with E-state index >= 15 is 0 Å². The van der Waals surface area contributed by atoms with Crippen LogP contribution in [0.5, 0.6) is 0 Å². The SMILES string of the molecule is Cc1cc(C)c(C(N)C2CCCOC2)c(C)c1. The van der Waals surface area contributed by atoms with Crippen molar-refractivity contribution in [3.63, 3.8) is 0 Å². The predicted molar refractivity (Wildman–Crippen MR) is 71.1 cm³/mol. The molecule has 1 aromatic carbocycles. The summed E-state index contributed by atoms with van der Waals surface area (Å²) in [6.07, 6.45) is 2.33. The van der Waals surface area contributed by atoms with E-state index in [-0.39, 0.29) is 6.04 Å². The van der Waals surface area contributed by atoms with Crippen molar-refractivity contribution < 1.29 is 4.74 Å². The van der Waals surface area contributed by atoms with Gasteiger partial charge in [0.05, 0.1) is 6.61 Å². The average Bonchev–Trinajstić information content (AvgIpc) is 2.28. The van der Waals surface area contributed by atoms with E-state index in [2.05, 4.69) is 32.9 Å². The lowest BCUT2D eigenvalue weighted by Crippen LogP contribution is -2.30. The van der Waals surface area contributed by atoms with Gasteiger partial charge >= 0.3 is 0 Å². The van der Waals surface area contributed by atoms with Crippen LogP contribution in [0, 0.1) is 26.7 Å². The number of hydrogen-bond donors (Lipinski definition) is 1. The molecule has 1 heterocycles. The van der Waals surface area contributed by atoms with Crippen LogP contribution in [0.3, 0.4) is 0 Å². The third kappa shape index (κ3) is 2.70. The molecular weight excluding hydrogens is 210 g/mol. The molecule has 2 unspecified atom stereocenters. The zero-order valence-corrected chi connectivity index (χ0v) is 11.1. The summed E-state index contributed by atoms with van der Waals surface area (Å²) in [5.74, 6) is 0.476. The number of nitrogens with two attached hydrogens (primary N) is 1. The molecule has 1 aliphatic rings. The van der Waals surface area contributed by atoms with Crippen molar-refractivity contribution in [3.05, 3.63) is 34.4 Å². The van der Waals surface area contributed by atoms with Crippen molar-refractivity contribution >= 4 is 0 Å². The first-order valence-electron chi connectivity index (χ1n) is 6.50. The van der Waals surface area contributed by atoms with E-state index < -0.39 is 0 Å². The van der Waals surface area contributed by atoms with Crippen molar-refractivity contribution in [2.75, 3.05) is 13.2 Å². The molecule has 1 aliphatic heterocycles. The standard InChI is InChI=1S/C15H23NO/c1-10-7-11(2)14(12(3)8-10)15(16)13-5-4-6-17-9-13/h7-8,13,15H,4-6,9,16H2,1-3H3. The molecule has 0 spiro atoms. The van der Waals surface area contributed by atoms with Gasteiger partial charge in [0, 0.05) is 18.6 Å². The molecule has 17 heavy (non-hydrogen) atoms. The van der Waals surface area contributed by atoms with Gasteiger partial charge in [0.15, 0.2) is 0 Å². The van der Waals surface area contributed by atoms with Crippen LogP contribution in [-0.4, -0.2) is 13.2 Å². The molecule has 0 bridgehead atoms. The molecule has 1 aromatic rings. The second kappa shape index (κ2) is 5.19. The van der Waals surface area contributed by atoms with Gasteiger partial charge in [-0.25, -0.2) is 0 Å². The Hall–Kier alpha value is -0.860. The normalized spacial score (nSPS) is 22.5. The summed E-state index contributed by atoms with van der Waals surface area (Å²) in [4.78, 5) is 0. The van der Waals surface area contributed by atoms with E-state index in [0.717, 1.165) is 19.6 Å². The van der Waals surface area contributed by atoms with Gasteiger partial charge in [-0.05, 0) is 50.3 Å². The maximum absolute atomic E-state index is 6.44. The van der Waals surface area contributed by atoms with E-state index in [4.69, 9.17) is 10.5 Å². The summed E-state index contributed by atoms with van der Waals surface area (Å²) in [7, 11) is 0. The number of hydrogen-bond acceptors (Lipinski definition) is 2. The molecule has 0 amide bonds. The number of benzene rings is 1. The van der Waals surface area contributed by atoms with Crippen LogP contribution in [0.2, 0.25) is 0 Å². The topological polar surface area (TPSA) is 35.2 Å². The van der Waals surface area contributed by atoms with Gasteiger partial charge in [-0.15, -0.1) is 0 Å². The van der Waals surface area contributed by atoms with Crippen LogP contribution >= 0.6 is 0 Å². The van der Waals surface area contributed by atoms with Gasteiger partial charge < -0.3 is 10.5 Å². The van der Waals surface area contributed by atoms with E-state index in [9.17, 15) is 0 Å². The van der Waals surface area contributed by atoms with Crippen LogP contribution < -0.4 is 5.73 Å². The largest absolute Gasteiger partial charge is 0.381 e. The lowest BCUT2D eigenvalue weighted by Gasteiger charge is -2.30. The molecule has 2 heteroatoms. The molecular formula is C15H23NO. The van der Waals surface area contributed by atoms with Crippen molar-refractivity contribution in [1.82, 2.24) is 0 Å². The Bertz CT molecular complexity index is 371. The number of rotatable bonds is 2. The van der Waals surface area contributed by atoms with E-state index in [0.29, 0.717) is 5.92 Å². The Balaban J connectivity index is 2.26. The molecule has 2 atom stereocenters. The van der Waals surface area contributed by atoms with Crippen molar-refractivity contribution in [1.29, 1.82) is 0 Å². The summed E-state index contributed by atoms with van der Waals surface area (Å²) in [5.41, 5.74) is 11.7. The Morgan fingerprint density at radius 3 is 2.41 bits per heavy atom. The highest BCUT2D eigenvalue weighted by molar-refractivity contribution is 5.39. The fourth-order valence-corrected chi connectivity index (χ4v) is 3.00. The van der Waals surface area contributed by atoms with Gasteiger partial charge in [-0.1, -0.05) is 17.7 Å². The fourth-order valence-electron chi connectivity index (χ4n) is 3.00. The Morgan fingerprint density at radius 1 is 1.24 bits per heavy atom. The van der Waals surface area contributed by atoms with Crippen LogP contribution in [0.4, 0.5) is 0 Å². The smallest absolute Gasteiger partial charge is 0.0512 e. The molecule has 0 radical (unpaired) electrons. The van der Waals surface area contributed by atoms with Crippen molar-refractivity contribution in [3.8, 4) is 0 Å². The maximum Gasteiger partial charge on any atom is 0.0512 e. The molecule has 2 rings (SSSR count). The van der Waals surface area contributed by atoms with E-state index in [1.165, 1.54) is 28.7 Å². The molecule has 94 valence electrons. The minimum absolute atomic E-state index is 0.121. The zero-order chi connectivity index (χ0) is 12.4. The second-order valence-corrected chi connectivity index (χ2v) is 5.32. The summed E-state index contributed by atoms with van der Waals surface area (Å²) >= 11 is 0. The highest BCUT2D eigenvalue weighted by atomic mass is 16.5. The van der Waals surface area contributed by atoms with Gasteiger partial charge in [-0.3, -0.25) is 0 Å². The maximum atomic E-state index is 6.44. The average molecular weight is 233 g/mol. The van der Waals surface area contributed by atoms with Crippen molar-refractivity contribution in [2.24, 2.45) is 11.7 Å². The van der Waals surface area contributed by atoms with Gasteiger partial charge in [0.25, 0.3) is 0 Å². The summed E-state index contributed by atoms with van der Waals surface area (Å²) in [6.45, 7) is 8.18. The van der Waals surface area contributed by atoms with E-state index in [1.807, 2.05) is 0 Å². The lowest BCUT2D eigenvalue weighted by molar-refractivity contribution is 0.0446. The van der Waals surface area contributed by atoms with Gasteiger partial charge in [-0.2, -0.15) is 0 Å². The monoisotopic (exact) mass is 233 g/mol. The Labute approximate surface area is 104 Å². The third-order valence-electron chi connectivity index (χ3n) is 3.77. The van der Waals surface area contributed by atoms with Crippen LogP contribution in [0.1, 0.15) is 41.1 Å². The minimum Gasteiger partial charge on any atom is -0.381 e.